The molecule has 0 aliphatic carbocycles. The van der Waals surface area contributed by atoms with E-state index < -0.39 is 0 Å². The summed E-state index contributed by atoms with van der Waals surface area (Å²) >= 11 is 0. The Kier molecular flexibility index (Phi) is 2.50. The summed E-state index contributed by atoms with van der Waals surface area (Å²) in [6, 6.07) is 8.63. The van der Waals surface area contributed by atoms with Crippen LogP contribution in [0, 0.1) is 6.92 Å². The van der Waals surface area contributed by atoms with Gasteiger partial charge in [0.2, 0.25) is 0 Å². The van der Waals surface area contributed by atoms with Gasteiger partial charge in [-0.15, -0.1) is 0 Å². The van der Waals surface area contributed by atoms with Crippen LogP contribution in [0.15, 0.2) is 24.3 Å². The summed E-state index contributed by atoms with van der Waals surface area (Å²) in [7, 11) is 0. The lowest BCUT2D eigenvalue weighted by Crippen LogP contribution is -2.36. The van der Waals surface area contributed by atoms with Crippen LogP contribution in [-0.2, 0) is 4.74 Å². The maximum Gasteiger partial charge on any atom is 0.0642 e. The number of anilines is 1. The molecule has 1 fully saturated rings. The normalized spacial score (nSPS) is 17.5. The Morgan fingerprint density at radius 2 is 2.00 bits per heavy atom. The monoisotopic (exact) mass is 177 g/mol. The number of ether oxygens (including phenoxy) is 1. The molecule has 2 rings (SSSR count). The van der Waals surface area contributed by atoms with Crippen LogP contribution in [0.5, 0.6) is 0 Å². The molecule has 0 spiro atoms. The average molecular weight is 177 g/mol. The maximum atomic E-state index is 5.31. The highest BCUT2D eigenvalue weighted by Crippen LogP contribution is 2.16. The fourth-order valence-electron chi connectivity index (χ4n) is 1.65. The Hall–Kier alpha value is -1.02. The van der Waals surface area contributed by atoms with E-state index in [2.05, 4.69) is 36.1 Å². The van der Waals surface area contributed by atoms with Crippen molar-refractivity contribution in [2.24, 2.45) is 0 Å². The maximum absolute atomic E-state index is 5.31. The molecule has 1 heterocycles. The Bertz CT molecular complexity index is 279. The fourth-order valence-corrected chi connectivity index (χ4v) is 1.65. The predicted molar refractivity (Wildman–Crippen MR) is 54.2 cm³/mol. The molecule has 0 bridgehead atoms. The lowest BCUT2D eigenvalue weighted by Gasteiger charge is -2.29. The molecule has 2 nitrogen and oxygen atoms in total. The third-order valence-corrected chi connectivity index (χ3v) is 2.38. The van der Waals surface area contributed by atoms with Gasteiger partial charge in [0.05, 0.1) is 13.2 Å². The number of hydrogen-bond acceptors (Lipinski definition) is 2. The van der Waals surface area contributed by atoms with Crippen LogP contribution >= 0.6 is 0 Å². The zero-order chi connectivity index (χ0) is 9.10. The summed E-state index contributed by atoms with van der Waals surface area (Å²) in [6.45, 7) is 5.87. The number of aryl methyl sites for hydroxylation is 1. The van der Waals surface area contributed by atoms with E-state index in [9.17, 15) is 0 Å². The van der Waals surface area contributed by atoms with E-state index in [1.165, 1.54) is 11.3 Å². The first-order valence-corrected chi connectivity index (χ1v) is 4.75. The number of hydrogen-bond donors (Lipinski definition) is 0. The molecule has 0 radical (unpaired) electrons. The van der Waals surface area contributed by atoms with E-state index in [0.717, 1.165) is 26.3 Å². The van der Waals surface area contributed by atoms with E-state index in [1.54, 1.807) is 0 Å². The summed E-state index contributed by atoms with van der Waals surface area (Å²) in [5, 5.41) is 0. The molecule has 1 aliphatic heterocycles. The smallest absolute Gasteiger partial charge is 0.0642 e. The Balaban J connectivity index is 2.14. The van der Waals surface area contributed by atoms with Crippen molar-refractivity contribution in [2.45, 2.75) is 6.92 Å². The lowest BCUT2D eigenvalue weighted by atomic mass is 10.2. The van der Waals surface area contributed by atoms with E-state index in [1.807, 2.05) is 0 Å². The molecule has 1 aromatic rings. The predicted octanol–water partition coefficient (Wildman–Crippen LogP) is 1.83. The van der Waals surface area contributed by atoms with E-state index in [4.69, 9.17) is 4.74 Å². The zero-order valence-corrected chi connectivity index (χ0v) is 7.99. The van der Waals surface area contributed by atoms with Gasteiger partial charge in [0, 0.05) is 18.8 Å². The third kappa shape index (κ3) is 2.01. The largest absolute Gasteiger partial charge is 0.378 e. The van der Waals surface area contributed by atoms with Crippen LogP contribution in [0.1, 0.15) is 5.56 Å². The van der Waals surface area contributed by atoms with Crippen molar-refractivity contribution in [2.75, 3.05) is 31.2 Å². The summed E-state index contributed by atoms with van der Waals surface area (Å²) in [6.07, 6.45) is 0. The van der Waals surface area contributed by atoms with Crippen molar-refractivity contribution >= 4 is 5.69 Å². The van der Waals surface area contributed by atoms with Crippen LogP contribution in [0.4, 0.5) is 5.69 Å². The Labute approximate surface area is 79.1 Å². The van der Waals surface area contributed by atoms with Gasteiger partial charge in [-0.2, -0.15) is 0 Å². The third-order valence-electron chi connectivity index (χ3n) is 2.38. The van der Waals surface area contributed by atoms with Gasteiger partial charge in [0.15, 0.2) is 0 Å². The topological polar surface area (TPSA) is 12.5 Å². The molecular weight excluding hydrogens is 162 g/mol. The van der Waals surface area contributed by atoms with E-state index in [-0.39, 0.29) is 0 Å². The molecule has 0 unspecified atom stereocenters. The Morgan fingerprint density at radius 1 is 1.23 bits per heavy atom. The molecule has 0 N–H and O–H groups in total. The van der Waals surface area contributed by atoms with Crippen LogP contribution in [0.25, 0.3) is 0 Å². The molecule has 1 aliphatic rings. The van der Waals surface area contributed by atoms with Crippen molar-refractivity contribution in [1.82, 2.24) is 0 Å². The molecule has 0 amide bonds. The molecule has 0 aromatic heterocycles. The van der Waals surface area contributed by atoms with Crippen molar-refractivity contribution in [1.29, 1.82) is 0 Å². The molecule has 70 valence electrons. The van der Waals surface area contributed by atoms with Gasteiger partial charge >= 0.3 is 0 Å². The second-order valence-corrected chi connectivity index (χ2v) is 3.44. The lowest BCUT2D eigenvalue weighted by molar-refractivity contribution is 0.122. The van der Waals surface area contributed by atoms with Crippen LogP contribution in [0.3, 0.4) is 0 Å². The quantitative estimate of drug-likeness (QED) is 0.649. The van der Waals surface area contributed by atoms with E-state index in [0.29, 0.717) is 0 Å². The van der Waals surface area contributed by atoms with E-state index >= 15 is 0 Å². The molecule has 13 heavy (non-hydrogen) atoms. The minimum atomic E-state index is 0.855. The van der Waals surface area contributed by atoms with Gasteiger partial charge in [0.25, 0.3) is 0 Å². The molecule has 1 saturated heterocycles. The summed E-state index contributed by atoms with van der Waals surface area (Å²) in [4.78, 5) is 2.37. The number of benzene rings is 1. The molecule has 0 atom stereocenters. The van der Waals surface area contributed by atoms with Crippen molar-refractivity contribution in [3.63, 3.8) is 0 Å². The fraction of sp³-hybridized carbons (Fsp3) is 0.455. The van der Waals surface area contributed by atoms with Crippen LogP contribution in [0.2, 0.25) is 0 Å². The standard InChI is InChI=1S/C11H15NO/c1-10-3-2-4-11(9-10)12-5-7-13-8-6-12/h2-4,9H,5-8H2,1H3. The first-order valence-electron chi connectivity index (χ1n) is 4.75. The molecule has 1 aromatic carbocycles. The summed E-state index contributed by atoms with van der Waals surface area (Å²) in [5.41, 5.74) is 2.65. The SMILES string of the molecule is Cc1cccc(N2CCOCC2)c1. The zero-order valence-electron chi connectivity index (χ0n) is 7.99. The highest BCUT2D eigenvalue weighted by molar-refractivity contribution is 5.48. The second kappa shape index (κ2) is 3.79. The number of nitrogens with zero attached hydrogens (tertiary/aromatic N) is 1. The minimum Gasteiger partial charge on any atom is -0.378 e. The number of morpholine rings is 1. The highest BCUT2D eigenvalue weighted by atomic mass is 16.5. The van der Waals surface area contributed by atoms with Gasteiger partial charge in [-0.25, -0.2) is 0 Å². The summed E-state index contributed by atoms with van der Waals surface area (Å²) in [5.74, 6) is 0. The van der Waals surface area contributed by atoms with Crippen molar-refractivity contribution < 1.29 is 4.74 Å². The van der Waals surface area contributed by atoms with Crippen LogP contribution < -0.4 is 4.90 Å². The molecule has 0 saturated carbocycles. The average Bonchev–Trinajstić information content (AvgIpc) is 2.19. The minimum absolute atomic E-state index is 0.855. The summed E-state index contributed by atoms with van der Waals surface area (Å²) < 4.78 is 5.31. The van der Waals surface area contributed by atoms with Crippen LogP contribution in [-0.4, -0.2) is 26.3 Å². The molecule has 2 heteroatoms. The van der Waals surface area contributed by atoms with Gasteiger partial charge in [0.1, 0.15) is 0 Å². The Morgan fingerprint density at radius 3 is 2.69 bits per heavy atom. The second-order valence-electron chi connectivity index (χ2n) is 3.44. The molecular formula is C11H15NO. The van der Waals surface area contributed by atoms with Gasteiger partial charge in [-0.1, -0.05) is 12.1 Å². The van der Waals surface area contributed by atoms with Gasteiger partial charge < -0.3 is 9.64 Å². The van der Waals surface area contributed by atoms with Gasteiger partial charge in [-0.3, -0.25) is 0 Å². The van der Waals surface area contributed by atoms with Crippen molar-refractivity contribution in [3.05, 3.63) is 29.8 Å². The highest BCUT2D eigenvalue weighted by Gasteiger charge is 2.10. The van der Waals surface area contributed by atoms with Crippen molar-refractivity contribution in [3.8, 4) is 0 Å². The first kappa shape index (κ1) is 8.57. The van der Waals surface area contributed by atoms with Gasteiger partial charge in [-0.05, 0) is 24.6 Å². The number of rotatable bonds is 1. The first-order chi connectivity index (χ1) is 6.36.